The van der Waals surface area contributed by atoms with E-state index in [4.69, 9.17) is 21.6 Å². The molecule has 20 heavy (non-hydrogen) atoms. The lowest BCUT2D eigenvalue weighted by atomic mass is 10.1. The van der Waals surface area contributed by atoms with Gasteiger partial charge in [-0.25, -0.2) is 14.4 Å². The van der Waals surface area contributed by atoms with Gasteiger partial charge in [0.15, 0.2) is 11.6 Å². The number of hydrogen-bond donors (Lipinski definition) is 0. The Labute approximate surface area is 120 Å². The van der Waals surface area contributed by atoms with E-state index in [0.717, 1.165) is 6.07 Å². The standard InChI is InChI=1S/C14H11ClFN3O/c1-8(2)12-13(15)18-7-19-14(12)20-11-4-3-9(6-17)5-10(11)16/h3-5,7-8H,1-2H3. The molecule has 0 atom stereocenters. The molecule has 2 aromatic rings. The highest BCUT2D eigenvalue weighted by atomic mass is 35.5. The van der Waals surface area contributed by atoms with Gasteiger partial charge in [-0.1, -0.05) is 25.4 Å². The van der Waals surface area contributed by atoms with Gasteiger partial charge in [-0.15, -0.1) is 0 Å². The Kier molecular flexibility index (Phi) is 4.16. The lowest BCUT2D eigenvalue weighted by Crippen LogP contribution is -2.00. The molecule has 0 unspecified atom stereocenters. The number of halogens is 2. The molecule has 1 aromatic heterocycles. The van der Waals surface area contributed by atoms with Crippen molar-refractivity contribution in [2.45, 2.75) is 19.8 Å². The maximum absolute atomic E-state index is 13.8. The molecule has 4 nitrogen and oxygen atoms in total. The Balaban J connectivity index is 2.41. The molecule has 0 aliphatic rings. The third-order valence-electron chi connectivity index (χ3n) is 2.64. The molecule has 1 heterocycles. The molecule has 2 rings (SSSR count). The molecule has 0 aliphatic heterocycles. The molecule has 102 valence electrons. The fourth-order valence-corrected chi connectivity index (χ4v) is 2.03. The van der Waals surface area contributed by atoms with Gasteiger partial charge in [0.25, 0.3) is 0 Å². The Morgan fingerprint density at radius 1 is 1.35 bits per heavy atom. The first-order valence-electron chi connectivity index (χ1n) is 5.90. The van der Waals surface area contributed by atoms with Crippen LogP contribution < -0.4 is 4.74 Å². The number of benzene rings is 1. The van der Waals surface area contributed by atoms with Crippen molar-refractivity contribution in [3.8, 4) is 17.7 Å². The molecular formula is C14H11ClFN3O. The predicted molar refractivity (Wildman–Crippen MR) is 72.3 cm³/mol. The van der Waals surface area contributed by atoms with Crippen molar-refractivity contribution < 1.29 is 9.13 Å². The van der Waals surface area contributed by atoms with Crippen LogP contribution >= 0.6 is 11.6 Å². The normalized spacial score (nSPS) is 10.4. The zero-order chi connectivity index (χ0) is 14.7. The van der Waals surface area contributed by atoms with Crippen LogP contribution in [0.25, 0.3) is 0 Å². The zero-order valence-electron chi connectivity index (χ0n) is 10.9. The second-order valence-corrected chi connectivity index (χ2v) is 4.76. The first-order valence-corrected chi connectivity index (χ1v) is 6.28. The van der Waals surface area contributed by atoms with Crippen molar-refractivity contribution in [2.75, 3.05) is 0 Å². The minimum Gasteiger partial charge on any atom is -0.435 e. The molecule has 0 aliphatic carbocycles. The van der Waals surface area contributed by atoms with E-state index in [9.17, 15) is 4.39 Å². The first-order chi connectivity index (χ1) is 9.52. The van der Waals surface area contributed by atoms with E-state index in [2.05, 4.69) is 9.97 Å². The summed E-state index contributed by atoms with van der Waals surface area (Å²) < 4.78 is 19.3. The lowest BCUT2D eigenvalue weighted by Gasteiger charge is -2.13. The highest BCUT2D eigenvalue weighted by Crippen LogP contribution is 2.33. The van der Waals surface area contributed by atoms with Gasteiger partial charge in [0.05, 0.1) is 17.2 Å². The third kappa shape index (κ3) is 2.86. The van der Waals surface area contributed by atoms with Gasteiger partial charge >= 0.3 is 0 Å². The number of nitriles is 1. The van der Waals surface area contributed by atoms with Crippen LogP contribution in [0.5, 0.6) is 11.6 Å². The lowest BCUT2D eigenvalue weighted by molar-refractivity contribution is 0.419. The first kappa shape index (κ1) is 14.2. The summed E-state index contributed by atoms with van der Waals surface area (Å²) in [5.74, 6) is -0.405. The predicted octanol–water partition coefficient (Wildman–Crippen LogP) is 4.06. The minimum atomic E-state index is -0.631. The highest BCUT2D eigenvalue weighted by molar-refractivity contribution is 6.30. The molecule has 0 N–H and O–H groups in total. The Bertz CT molecular complexity index is 683. The largest absolute Gasteiger partial charge is 0.435 e. The van der Waals surface area contributed by atoms with Crippen molar-refractivity contribution in [3.63, 3.8) is 0 Å². The van der Waals surface area contributed by atoms with Gasteiger partial charge in [-0.2, -0.15) is 5.26 Å². The molecule has 0 saturated carbocycles. The van der Waals surface area contributed by atoms with Crippen LogP contribution in [-0.4, -0.2) is 9.97 Å². The molecule has 0 radical (unpaired) electrons. The molecule has 0 fully saturated rings. The quantitative estimate of drug-likeness (QED) is 0.800. The van der Waals surface area contributed by atoms with E-state index in [0.29, 0.717) is 5.56 Å². The van der Waals surface area contributed by atoms with E-state index in [-0.39, 0.29) is 28.3 Å². The molecule has 0 bridgehead atoms. The number of hydrogen-bond acceptors (Lipinski definition) is 4. The Hall–Kier alpha value is -2.19. The second-order valence-electron chi connectivity index (χ2n) is 4.40. The van der Waals surface area contributed by atoms with Crippen molar-refractivity contribution in [2.24, 2.45) is 0 Å². The van der Waals surface area contributed by atoms with Gasteiger partial charge in [-0.05, 0) is 24.1 Å². The van der Waals surface area contributed by atoms with E-state index in [1.807, 2.05) is 19.9 Å². The van der Waals surface area contributed by atoms with Gasteiger partial charge in [-0.3, -0.25) is 0 Å². The Morgan fingerprint density at radius 2 is 2.10 bits per heavy atom. The van der Waals surface area contributed by atoms with Crippen molar-refractivity contribution in [3.05, 3.63) is 46.6 Å². The second kappa shape index (κ2) is 5.85. The maximum Gasteiger partial charge on any atom is 0.227 e. The topological polar surface area (TPSA) is 58.8 Å². The summed E-state index contributed by atoms with van der Waals surface area (Å²) in [5.41, 5.74) is 0.831. The molecule has 1 aromatic carbocycles. The molecule has 6 heteroatoms. The smallest absolute Gasteiger partial charge is 0.227 e. The van der Waals surface area contributed by atoms with Crippen LogP contribution in [0.1, 0.15) is 30.9 Å². The molecule has 0 amide bonds. The van der Waals surface area contributed by atoms with Crippen LogP contribution in [-0.2, 0) is 0 Å². The average Bonchev–Trinajstić information content (AvgIpc) is 2.40. The Morgan fingerprint density at radius 3 is 2.70 bits per heavy atom. The number of nitrogens with zero attached hydrogens (tertiary/aromatic N) is 3. The summed E-state index contributed by atoms with van der Waals surface area (Å²) in [7, 11) is 0. The third-order valence-corrected chi connectivity index (χ3v) is 2.94. The van der Waals surface area contributed by atoms with Crippen molar-refractivity contribution >= 4 is 11.6 Å². The summed E-state index contributed by atoms with van der Waals surface area (Å²) >= 11 is 6.01. The SMILES string of the molecule is CC(C)c1c(Cl)ncnc1Oc1ccc(C#N)cc1F. The summed E-state index contributed by atoms with van der Waals surface area (Å²) in [6.07, 6.45) is 1.26. The van der Waals surface area contributed by atoms with Crippen LogP contribution in [0.15, 0.2) is 24.5 Å². The highest BCUT2D eigenvalue weighted by Gasteiger charge is 2.17. The van der Waals surface area contributed by atoms with Crippen LogP contribution in [0.2, 0.25) is 5.15 Å². The van der Waals surface area contributed by atoms with Gasteiger partial charge in [0.2, 0.25) is 5.88 Å². The van der Waals surface area contributed by atoms with E-state index in [1.54, 1.807) is 0 Å². The zero-order valence-corrected chi connectivity index (χ0v) is 11.6. The summed E-state index contributed by atoms with van der Waals surface area (Å²) in [6, 6.07) is 5.81. The van der Waals surface area contributed by atoms with Crippen LogP contribution in [0.3, 0.4) is 0 Å². The van der Waals surface area contributed by atoms with Gasteiger partial charge < -0.3 is 4.74 Å². The molecule has 0 spiro atoms. The molecular weight excluding hydrogens is 281 g/mol. The number of aromatic nitrogens is 2. The van der Waals surface area contributed by atoms with Gasteiger partial charge in [0, 0.05) is 0 Å². The fourth-order valence-electron chi connectivity index (χ4n) is 1.68. The summed E-state index contributed by atoms with van der Waals surface area (Å²) in [6.45, 7) is 3.82. The summed E-state index contributed by atoms with van der Waals surface area (Å²) in [4.78, 5) is 7.88. The van der Waals surface area contributed by atoms with E-state index >= 15 is 0 Å². The van der Waals surface area contributed by atoms with Crippen LogP contribution in [0, 0.1) is 17.1 Å². The monoisotopic (exact) mass is 291 g/mol. The van der Waals surface area contributed by atoms with Gasteiger partial charge in [0.1, 0.15) is 11.5 Å². The van der Waals surface area contributed by atoms with Crippen LogP contribution in [0.4, 0.5) is 4.39 Å². The fraction of sp³-hybridized carbons (Fsp3) is 0.214. The minimum absolute atomic E-state index is 0.0133. The van der Waals surface area contributed by atoms with E-state index < -0.39 is 5.82 Å². The van der Waals surface area contributed by atoms with E-state index in [1.165, 1.54) is 18.5 Å². The average molecular weight is 292 g/mol. The van der Waals surface area contributed by atoms with Crippen molar-refractivity contribution in [1.29, 1.82) is 5.26 Å². The number of rotatable bonds is 3. The summed E-state index contributed by atoms with van der Waals surface area (Å²) in [5, 5.41) is 8.98. The maximum atomic E-state index is 13.8. The molecule has 0 saturated heterocycles. The number of ether oxygens (including phenoxy) is 1. The van der Waals surface area contributed by atoms with Crippen molar-refractivity contribution in [1.82, 2.24) is 9.97 Å².